The molecule has 2 rings (SSSR count). The van der Waals surface area contributed by atoms with Crippen molar-refractivity contribution in [2.24, 2.45) is 29.4 Å². The Labute approximate surface area is 358 Å². The Bertz CT molecular complexity index is 1550. The second-order valence-electron chi connectivity index (χ2n) is 17.2. The Balaban J connectivity index is 2.28. The van der Waals surface area contributed by atoms with E-state index in [1.807, 2.05) is 78.6 Å². The monoisotopic (exact) mass is 846 g/mol. The number of carbonyl (C=O) groups excluding carboxylic acids is 5. The van der Waals surface area contributed by atoms with E-state index >= 15 is 0 Å². The molecule has 1 aromatic rings. The maximum Gasteiger partial charge on any atom is 0.326 e. The molecule has 1 aromatic carbocycles. The molecule has 10 atom stereocenters. The van der Waals surface area contributed by atoms with E-state index in [1.54, 1.807) is 35.9 Å². The molecule has 16 nitrogen and oxygen atoms in total. The van der Waals surface area contributed by atoms with Gasteiger partial charge >= 0.3 is 5.97 Å². The van der Waals surface area contributed by atoms with E-state index in [-0.39, 0.29) is 66.8 Å². The van der Waals surface area contributed by atoms with Crippen LogP contribution in [0.1, 0.15) is 86.6 Å². The van der Waals surface area contributed by atoms with E-state index in [0.29, 0.717) is 32.4 Å². The van der Waals surface area contributed by atoms with Crippen LogP contribution >= 0.6 is 0 Å². The lowest BCUT2D eigenvalue weighted by Crippen LogP contribution is -2.60. The lowest BCUT2D eigenvalue weighted by Gasteiger charge is -2.41. The summed E-state index contributed by atoms with van der Waals surface area (Å²) >= 11 is 0. The first kappa shape index (κ1) is 52.0. The van der Waals surface area contributed by atoms with Gasteiger partial charge in [-0.2, -0.15) is 0 Å². The summed E-state index contributed by atoms with van der Waals surface area (Å²) in [5.74, 6) is -4.02. The minimum absolute atomic E-state index is 0.0490. The van der Waals surface area contributed by atoms with E-state index in [9.17, 15) is 33.9 Å². The Morgan fingerprint density at radius 3 is 2.05 bits per heavy atom. The molecular weight excluding hydrogens is 771 g/mol. The number of hydrogen-bond donors (Lipinski definition) is 5. The van der Waals surface area contributed by atoms with Crippen LogP contribution in [0.2, 0.25) is 0 Å². The predicted molar refractivity (Wildman–Crippen MR) is 231 cm³/mol. The van der Waals surface area contributed by atoms with Gasteiger partial charge in [0, 0.05) is 46.8 Å². The zero-order chi connectivity index (χ0) is 45.4. The average molecular weight is 846 g/mol. The van der Waals surface area contributed by atoms with E-state index in [0.717, 1.165) is 5.56 Å². The minimum Gasteiger partial charge on any atom is -0.480 e. The van der Waals surface area contributed by atoms with Crippen LogP contribution in [-0.4, -0.2) is 152 Å². The summed E-state index contributed by atoms with van der Waals surface area (Å²) in [5.41, 5.74) is 6.24. The zero-order valence-electron chi connectivity index (χ0n) is 38.1. The van der Waals surface area contributed by atoms with Gasteiger partial charge in [-0.3, -0.25) is 28.9 Å². The van der Waals surface area contributed by atoms with Gasteiger partial charge in [0.05, 0.1) is 49.2 Å². The highest BCUT2D eigenvalue weighted by atomic mass is 16.5. The molecule has 6 N–H and O–H groups in total. The van der Waals surface area contributed by atoms with Gasteiger partial charge in [-0.25, -0.2) is 4.79 Å². The Morgan fingerprint density at radius 2 is 1.53 bits per heavy atom. The van der Waals surface area contributed by atoms with Crippen molar-refractivity contribution in [2.75, 3.05) is 47.9 Å². The maximum absolute atomic E-state index is 14.5. The second-order valence-corrected chi connectivity index (χ2v) is 17.2. The quantitative estimate of drug-likeness (QED) is 0.0964. The Hall–Kier alpha value is -4.12. The van der Waals surface area contributed by atoms with Crippen molar-refractivity contribution in [3.05, 3.63) is 35.9 Å². The first-order valence-corrected chi connectivity index (χ1v) is 21.4. The number of nitrogens with one attached hydrogen (secondary N) is 3. The summed E-state index contributed by atoms with van der Waals surface area (Å²) in [6.07, 6.45) is 0.599. The normalized spacial score (nSPS) is 18.8. The smallest absolute Gasteiger partial charge is 0.326 e. The summed E-state index contributed by atoms with van der Waals surface area (Å²) in [6, 6.07) is 5.20. The standard InChI is InChI=1S/C44H75N7O9/c1-13-28(6)39(50(10)43(56)37(26(2)3)48-42(55)38(27(4)5)49(9)25-29(7)46-35(52)24-45)34(59-11)23-36(53)51-21-17-20-33(51)40(60-12)30(8)41(54)47-32(44(57)58)22-31-18-15-14-16-19-31/h14-16,18-19,26-30,32-34,37-40H,13,17,20-25,45H2,1-12H3,(H,46,52)(H,47,54)(H,48,55)(H,57,58)/t28-,29-,30+,32-,33-,34+,37?,38-,39-,40+/m0/s1. The van der Waals surface area contributed by atoms with Crippen molar-refractivity contribution >= 4 is 35.5 Å². The molecule has 1 aliphatic rings. The van der Waals surface area contributed by atoms with E-state index in [2.05, 4.69) is 16.0 Å². The number of likely N-dealkylation sites (tertiary alicyclic amines) is 1. The van der Waals surface area contributed by atoms with Crippen molar-refractivity contribution in [3.8, 4) is 0 Å². The Kier molecular flexibility index (Phi) is 21.6. The molecule has 0 saturated carbocycles. The molecule has 1 unspecified atom stereocenters. The van der Waals surface area contributed by atoms with Crippen LogP contribution in [0, 0.1) is 23.7 Å². The highest BCUT2D eigenvalue weighted by Crippen LogP contribution is 2.30. The van der Waals surface area contributed by atoms with Crippen LogP contribution in [0.15, 0.2) is 30.3 Å². The third-order valence-electron chi connectivity index (χ3n) is 11.9. The molecule has 1 saturated heterocycles. The Morgan fingerprint density at radius 1 is 0.900 bits per heavy atom. The fourth-order valence-electron chi connectivity index (χ4n) is 8.57. The van der Waals surface area contributed by atoms with Gasteiger partial charge in [-0.1, -0.05) is 85.2 Å². The number of hydrogen-bond acceptors (Lipinski definition) is 10. The van der Waals surface area contributed by atoms with Crippen LogP contribution < -0.4 is 21.7 Å². The number of amides is 5. The highest BCUT2D eigenvalue weighted by Gasteiger charge is 2.43. The number of likely N-dealkylation sites (N-methyl/N-ethyl adjacent to an activating group) is 2. The van der Waals surface area contributed by atoms with Crippen molar-refractivity contribution in [2.45, 2.75) is 136 Å². The first-order chi connectivity index (χ1) is 28.2. The van der Waals surface area contributed by atoms with Crippen LogP contribution in [0.25, 0.3) is 0 Å². The molecule has 5 amide bonds. The molecular formula is C44H75N7O9. The van der Waals surface area contributed by atoms with Crippen molar-refractivity contribution in [1.82, 2.24) is 30.7 Å². The SMILES string of the molecule is CC[C@H](C)[C@@H]([C@@H](CC(=O)N1CCC[C@H]1[C@H](OC)[C@@H](C)C(=O)N[C@@H](Cc1ccccc1)C(=O)O)OC)N(C)C(=O)C(NC(=O)[C@H](C(C)C)N(C)C[C@H](C)NC(=O)CN)C(C)C. The topological polar surface area (TPSA) is 213 Å². The molecule has 16 heteroatoms. The van der Waals surface area contributed by atoms with E-state index < -0.39 is 60.2 Å². The van der Waals surface area contributed by atoms with Crippen LogP contribution in [0.4, 0.5) is 0 Å². The largest absolute Gasteiger partial charge is 0.480 e. The molecule has 1 aliphatic heterocycles. The van der Waals surface area contributed by atoms with Crippen LogP contribution in [0.5, 0.6) is 0 Å². The number of methoxy groups -OCH3 is 2. The van der Waals surface area contributed by atoms with Gasteiger partial charge in [0.1, 0.15) is 12.1 Å². The number of ether oxygens (including phenoxy) is 2. The summed E-state index contributed by atoms with van der Waals surface area (Å²) in [6.45, 7) is 15.8. The minimum atomic E-state index is -1.15. The number of nitrogens with two attached hydrogens (primary N) is 1. The van der Waals surface area contributed by atoms with Gasteiger partial charge in [0.25, 0.3) is 0 Å². The molecule has 0 radical (unpaired) electrons. The summed E-state index contributed by atoms with van der Waals surface area (Å²) in [4.78, 5) is 85.5. The molecule has 0 spiro atoms. The van der Waals surface area contributed by atoms with Gasteiger partial charge in [-0.15, -0.1) is 0 Å². The molecule has 0 bridgehead atoms. The van der Waals surface area contributed by atoms with Gasteiger partial charge in [0.15, 0.2) is 0 Å². The van der Waals surface area contributed by atoms with Crippen molar-refractivity contribution in [3.63, 3.8) is 0 Å². The second kappa shape index (κ2) is 25.0. The fraction of sp³-hybridized carbons (Fsp3) is 0.727. The van der Waals surface area contributed by atoms with E-state index in [4.69, 9.17) is 15.2 Å². The molecule has 0 aromatic heterocycles. The molecule has 340 valence electrons. The summed E-state index contributed by atoms with van der Waals surface area (Å²) < 4.78 is 11.9. The first-order valence-electron chi connectivity index (χ1n) is 21.4. The third-order valence-corrected chi connectivity index (χ3v) is 11.9. The predicted octanol–water partition coefficient (Wildman–Crippen LogP) is 2.28. The van der Waals surface area contributed by atoms with Gasteiger partial charge < -0.3 is 46.1 Å². The van der Waals surface area contributed by atoms with Crippen molar-refractivity contribution in [1.29, 1.82) is 0 Å². The average Bonchev–Trinajstić information content (AvgIpc) is 3.68. The molecule has 1 fully saturated rings. The molecule has 1 heterocycles. The number of nitrogens with zero attached hydrogens (tertiary/aromatic N) is 3. The zero-order valence-corrected chi connectivity index (χ0v) is 38.1. The number of carboxylic acids is 1. The number of rotatable bonds is 25. The lowest BCUT2D eigenvalue weighted by molar-refractivity contribution is -0.148. The molecule has 60 heavy (non-hydrogen) atoms. The van der Waals surface area contributed by atoms with Crippen LogP contribution in [0.3, 0.4) is 0 Å². The third kappa shape index (κ3) is 14.5. The van der Waals surface area contributed by atoms with Crippen LogP contribution in [-0.2, 0) is 44.7 Å². The maximum atomic E-state index is 14.5. The lowest BCUT2D eigenvalue weighted by atomic mass is 9.89. The fourth-order valence-corrected chi connectivity index (χ4v) is 8.57. The summed E-state index contributed by atoms with van der Waals surface area (Å²) in [5, 5.41) is 18.5. The number of benzene rings is 1. The highest BCUT2D eigenvalue weighted by molar-refractivity contribution is 5.90. The number of carbonyl (C=O) groups is 6. The number of carboxylic acid groups (broad SMARTS) is 1. The molecule has 0 aliphatic carbocycles. The van der Waals surface area contributed by atoms with Gasteiger partial charge in [0.2, 0.25) is 29.5 Å². The number of aliphatic carboxylic acids is 1. The summed E-state index contributed by atoms with van der Waals surface area (Å²) in [7, 11) is 6.50. The van der Waals surface area contributed by atoms with Gasteiger partial charge in [-0.05, 0) is 50.1 Å². The van der Waals surface area contributed by atoms with Crippen molar-refractivity contribution < 1.29 is 43.3 Å². The van der Waals surface area contributed by atoms with E-state index in [1.165, 1.54) is 14.2 Å².